The predicted octanol–water partition coefficient (Wildman–Crippen LogP) is 0.0296. The van der Waals surface area contributed by atoms with Gasteiger partial charge in [-0.05, 0) is 0 Å². The van der Waals surface area contributed by atoms with E-state index in [4.69, 9.17) is 0 Å². The van der Waals surface area contributed by atoms with Crippen LogP contribution in [0.3, 0.4) is 0 Å². The fraction of sp³-hybridized carbons (Fsp3) is 0.500. The lowest BCUT2D eigenvalue weighted by atomic mass is 10.9. The van der Waals surface area contributed by atoms with Crippen LogP contribution < -0.4 is 0 Å². The Kier molecular flexibility index (Phi) is 2.59. The number of thiol groups is 1. The van der Waals surface area contributed by atoms with E-state index in [1.165, 1.54) is 0 Å². The van der Waals surface area contributed by atoms with Gasteiger partial charge in [-0.15, -0.1) is 12.6 Å². The first-order valence-electron chi connectivity index (χ1n) is 1.13. The van der Waals surface area contributed by atoms with Crippen LogP contribution in [-0.4, -0.2) is 15.4 Å². The molecule has 0 aromatic rings. The van der Waals surface area contributed by atoms with Crippen molar-refractivity contribution in [2.75, 3.05) is 0 Å². The SMILES string of the molecule is O=C(S)C[Si]. The number of carbonyl (C=O) groups excluding carboxylic acids is 1. The highest BCUT2D eigenvalue weighted by molar-refractivity contribution is 7.96. The number of rotatable bonds is 1. The highest BCUT2D eigenvalue weighted by atomic mass is 32.1. The van der Waals surface area contributed by atoms with Crippen molar-refractivity contribution in [3.8, 4) is 0 Å². The van der Waals surface area contributed by atoms with Crippen molar-refractivity contribution in [3.05, 3.63) is 0 Å². The van der Waals surface area contributed by atoms with Gasteiger partial charge >= 0.3 is 0 Å². The maximum absolute atomic E-state index is 9.63. The van der Waals surface area contributed by atoms with E-state index in [9.17, 15) is 4.79 Å². The summed E-state index contributed by atoms with van der Waals surface area (Å²) in [5, 5.41) is -0.137. The van der Waals surface area contributed by atoms with Gasteiger partial charge < -0.3 is 0 Å². The van der Waals surface area contributed by atoms with E-state index in [1.807, 2.05) is 0 Å². The van der Waals surface area contributed by atoms with Gasteiger partial charge in [-0.2, -0.15) is 0 Å². The second kappa shape index (κ2) is 2.47. The van der Waals surface area contributed by atoms with Gasteiger partial charge in [0.2, 0.25) is 0 Å². The average Bonchev–Trinajstić information content (AvgIpc) is 1.38. The van der Waals surface area contributed by atoms with Gasteiger partial charge in [-0.25, -0.2) is 0 Å². The first-order valence-corrected chi connectivity index (χ1v) is 2.29. The third-order valence-electron chi connectivity index (χ3n) is 0.151. The minimum absolute atomic E-state index is 0.137. The molecule has 0 atom stereocenters. The highest BCUT2D eigenvalue weighted by Crippen LogP contribution is 1.78. The van der Waals surface area contributed by atoms with Gasteiger partial charge in [-0.1, -0.05) is 0 Å². The summed E-state index contributed by atoms with van der Waals surface area (Å²) in [6, 6.07) is 0.336. The van der Waals surface area contributed by atoms with Crippen LogP contribution in [-0.2, 0) is 4.79 Å². The maximum atomic E-state index is 9.63. The number of hydrogen-bond acceptors (Lipinski definition) is 1. The summed E-state index contributed by atoms with van der Waals surface area (Å²) in [6.07, 6.45) is 0. The van der Waals surface area contributed by atoms with Crippen molar-refractivity contribution in [1.29, 1.82) is 0 Å². The van der Waals surface area contributed by atoms with Gasteiger partial charge in [0.1, 0.15) is 0 Å². The zero-order chi connectivity index (χ0) is 4.28. The topological polar surface area (TPSA) is 17.1 Å². The second-order valence-electron chi connectivity index (χ2n) is 0.571. The Hall–Kier alpha value is 0.237. The molecule has 0 amide bonds. The molecule has 0 spiro atoms. The van der Waals surface area contributed by atoms with Gasteiger partial charge in [-0.3, -0.25) is 4.79 Å². The number of hydrogen-bond donors (Lipinski definition) is 1. The molecule has 0 aromatic carbocycles. The molecule has 3 radical (unpaired) electrons. The van der Waals surface area contributed by atoms with E-state index in [2.05, 4.69) is 22.9 Å². The lowest BCUT2D eigenvalue weighted by Crippen LogP contribution is -1.78. The fourth-order valence-electron chi connectivity index (χ4n) is 0. The van der Waals surface area contributed by atoms with Crippen molar-refractivity contribution in [3.63, 3.8) is 0 Å². The van der Waals surface area contributed by atoms with Crippen LogP contribution in [0.25, 0.3) is 0 Å². The van der Waals surface area contributed by atoms with Crippen molar-refractivity contribution < 1.29 is 4.79 Å². The third-order valence-corrected chi connectivity index (χ3v) is 0.928. The Bertz CT molecular complexity index is 44.9. The molecular weight excluding hydrogens is 100 g/mol. The Balaban J connectivity index is 2.85. The summed E-state index contributed by atoms with van der Waals surface area (Å²) in [5.41, 5.74) is 0. The molecule has 0 bridgehead atoms. The zero-order valence-corrected chi connectivity index (χ0v) is 4.46. The molecule has 27 valence electrons. The third kappa shape index (κ3) is 4.24. The van der Waals surface area contributed by atoms with Crippen LogP contribution in [0.4, 0.5) is 0 Å². The first kappa shape index (κ1) is 5.24. The van der Waals surface area contributed by atoms with Gasteiger partial charge in [0.15, 0.2) is 5.12 Å². The van der Waals surface area contributed by atoms with Crippen LogP contribution in [0, 0.1) is 0 Å². The fourth-order valence-corrected chi connectivity index (χ4v) is 0. The summed E-state index contributed by atoms with van der Waals surface area (Å²) in [5.74, 6) is 0. The van der Waals surface area contributed by atoms with Crippen LogP contribution in [0.1, 0.15) is 0 Å². The molecular formula is C2H3OSSi. The van der Waals surface area contributed by atoms with E-state index in [-0.39, 0.29) is 5.12 Å². The van der Waals surface area contributed by atoms with Crippen LogP contribution in [0.15, 0.2) is 0 Å². The predicted molar refractivity (Wildman–Crippen MR) is 24.6 cm³/mol. The first-order chi connectivity index (χ1) is 2.27. The summed E-state index contributed by atoms with van der Waals surface area (Å²) in [4.78, 5) is 9.63. The van der Waals surface area contributed by atoms with Crippen LogP contribution in [0.2, 0.25) is 6.04 Å². The summed E-state index contributed by atoms with van der Waals surface area (Å²) in [6.45, 7) is 0. The van der Waals surface area contributed by atoms with Crippen molar-refractivity contribution in [2.24, 2.45) is 0 Å². The molecule has 0 rings (SSSR count). The molecule has 0 aliphatic carbocycles. The lowest BCUT2D eigenvalue weighted by molar-refractivity contribution is -0.108. The average molecular weight is 103 g/mol. The molecule has 0 heterocycles. The van der Waals surface area contributed by atoms with Gasteiger partial charge in [0.25, 0.3) is 0 Å². The largest absolute Gasteiger partial charge is 0.288 e. The van der Waals surface area contributed by atoms with E-state index < -0.39 is 0 Å². The second-order valence-corrected chi connectivity index (χ2v) is 1.42. The molecule has 3 heteroatoms. The van der Waals surface area contributed by atoms with Gasteiger partial charge in [0.05, 0.1) is 0 Å². The van der Waals surface area contributed by atoms with Crippen LogP contribution in [0.5, 0.6) is 0 Å². The Morgan fingerprint density at radius 3 is 2.20 bits per heavy atom. The Labute approximate surface area is 39.6 Å². The van der Waals surface area contributed by atoms with Crippen molar-refractivity contribution >= 4 is 28.0 Å². The smallest absolute Gasteiger partial charge is 0.182 e. The Morgan fingerprint density at radius 1 is 2.00 bits per heavy atom. The molecule has 1 nitrogen and oxygen atoms in total. The molecule has 5 heavy (non-hydrogen) atoms. The lowest BCUT2D eigenvalue weighted by Gasteiger charge is -1.69. The van der Waals surface area contributed by atoms with Crippen molar-refractivity contribution in [1.82, 2.24) is 0 Å². The maximum Gasteiger partial charge on any atom is 0.182 e. The summed E-state index contributed by atoms with van der Waals surface area (Å²) in [7, 11) is 2.93. The monoisotopic (exact) mass is 103 g/mol. The van der Waals surface area contributed by atoms with Gasteiger partial charge in [0, 0.05) is 16.3 Å². The minimum Gasteiger partial charge on any atom is -0.288 e. The number of carbonyl (C=O) groups is 1. The molecule has 0 aliphatic heterocycles. The molecule has 0 N–H and O–H groups in total. The minimum atomic E-state index is -0.137. The Morgan fingerprint density at radius 2 is 2.20 bits per heavy atom. The molecule has 0 unspecified atom stereocenters. The summed E-state index contributed by atoms with van der Waals surface area (Å²) >= 11 is 3.41. The quantitative estimate of drug-likeness (QED) is 0.366. The van der Waals surface area contributed by atoms with E-state index in [1.54, 1.807) is 0 Å². The summed E-state index contributed by atoms with van der Waals surface area (Å²) < 4.78 is 0. The molecule has 0 aromatic heterocycles. The highest BCUT2D eigenvalue weighted by Gasteiger charge is 1.78. The molecule has 0 saturated carbocycles. The zero-order valence-electron chi connectivity index (χ0n) is 2.56. The normalized spacial score (nSPS) is 7.60. The van der Waals surface area contributed by atoms with E-state index >= 15 is 0 Å². The van der Waals surface area contributed by atoms with E-state index in [0.29, 0.717) is 6.04 Å². The molecule has 0 aliphatic rings. The molecule has 0 saturated heterocycles. The molecule has 0 fully saturated rings. The van der Waals surface area contributed by atoms with Crippen LogP contribution >= 0.6 is 12.6 Å². The van der Waals surface area contributed by atoms with E-state index in [0.717, 1.165) is 0 Å². The standard InChI is InChI=1S/C2H3OSSi/c3-2(4)1-5/h1H2,(H,3,4). The van der Waals surface area contributed by atoms with Crippen molar-refractivity contribution in [2.45, 2.75) is 6.04 Å².